The van der Waals surface area contributed by atoms with Crippen molar-refractivity contribution in [2.45, 2.75) is 0 Å². The van der Waals surface area contributed by atoms with Crippen LogP contribution >= 0.6 is 0 Å². The van der Waals surface area contributed by atoms with E-state index in [4.69, 9.17) is 0 Å². The lowest BCUT2D eigenvalue weighted by molar-refractivity contribution is 0.565. The molecule has 20 heavy (non-hydrogen) atoms. The third-order valence-corrected chi connectivity index (χ3v) is 2.61. The van der Waals surface area contributed by atoms with E-state index in [0.717, 1.165) is 11.1 Å². The number of isocyanates is 2. The molecule has 2 aromatic carbocycles. The van der Waals surface area contributed by atoms with E-state index in [1.54, 1.807) is 12.1 Å². The molecule has 0 atom stereocenters. The smallest absolute Gasteiger partial charge is 0.211 e. The SMILES string of the molecule is O=C=Nc1ccc(/C=C/c2ccccc2)c(N=C=O)c1. The average Bonchev–Trinajstić information content (AvgIpc) is 2.48. The molecule has 0 heterocycles. The van der Waals surface area contributed by atoms with Crippen LogP contribution in [0, 0.1) is 0 Å². The molecule has 0 N–H and O–H groups in total. The minimum absolute atomic E-state index is 0.394. The summed E-state index contributed by atoms with van der Waals surface area (Å²) in [6, 6.07) is 14.6. The molecular weight excluding hydrogens is 252 g/mol. The van der Waals surface area contributed by atoms with Crippen molar-refractivity contribution in [1.29, 1.82) is 0 Å². The molecule has 0 spiro atoms. The first-order chi connectivity index (χ1) is 9.83. The molecular formula is C16H10N2O2. The topological polar surface area (TPSA) is 58.9 Å². The van der Waals surface area contributed by atoms with E-state index in [2.05, 4.69) is 9.98 Å². The molecule has 2 aromatic rings. The summed E-state index contributed by atoms with van der Waals surface area (Å²) in [5.41, 5.74) is 2.57. The molecule has 0 aliphatic carbocycles. The van der Waals surface area contributed by atoms with E-state index in [1.165, 1.54) is 18.2 Å². The molecule has 96 valence electrons. The number of hydrogen-bond acceptors (Lipinski definition) is 4. The van der Waals surface area contributed by atoms with Crippen LogP contribution < -0.4 is 0 Å². The fourth-order valence-electron chi connectivity index (χ4n) is 1.69. The summed E-state index contributed by atoms with van der Waals surface area (Å²) >= 11 is 0. The highest BCUT2D eigenvalue weighted by Gasteiger charge is 2.00. The van der Waals surface area contributed by atoms with Gasteiger partial charge in [-0.2, -0.15) is 9.98 Å². The summed E-state index contributed by atoms with van der Waals surface area (Å²) in [6.45, 7) is 0. The second-order valence-electron chi connectivity index (χ2n) is 3.89. The molecule has 0 saturated carbocycles. The Morgan fingerprint density at radius 3 is 2.30 bits per heavy atom. The number of rotatable bonds is 4. The fourth-order valence-corrected chi connectivity index (χ4v) is 1.69. The first-order valence-corrected chi connectivity index (χ1v) is 5.86. The van der Waals surface area contributed by atoms with Gasteiger partial charge in [0.15, 0.2) is 0 Å². The number of nitrogens with zero attached hydrogens (tertiary/aromatic N) is 2. The largest absolute Gasteiger partial charge is 0.240 e. The van der Waals surface area contributed by atoms with Gasteiger partial charge in [-0.3, -0.25) is 0 Å². The van der Waals surface area contributed by atoms with Crippen LogP contribution in [0.4, 0.5) is 11.4 Å². The van der Waals surface area contributed by atoms with Gasteiger partial charge in [-0.15, -0.1) is 0 Å². The van der Waals surface area contributed by atoms with E-state index in [-0.39, 0.29) is 0 Å². The van der Waals surface area contributed by atoms with Crippen molar-refractivity contribution in [2.75, 3.05) is 0 Å². The molecule has 0 bridgehead atoms. The van der Waals surface area contributed by atoms with Crippen molar-refractivity contribution in [2.24, 2.45) is 9.98 Å². The average molecular weight is 262 g/mol. The Kier molecular flexibility index (Phi) is 4.52. The van der Waals surface area contributed by atoms with E-state index < -0.39 is 0 Å². The Bertz CT molecular complexity index is 723. The van der Waals surface area contributed by atoms with Gasteiger partial charge in [0.1, 0.15) is 0 Å². The zero-order chi connectivity index (χ0) is 14.2. The molecule has 0 unspecified atom stereocenters. The van der Waals surface area contributed by atoms with Crippen LogP contribution in [0.1, 0.15) is 11.1 Å². The van der Waals surface area contributed by atoms with Crippen molar-refractivity contribution in [3.05, 3.63) is 59.7 Å². The van der Waals surface area contributed by atoms with E-state index >= 15 is 0 Å². The molecule has 2 rings (SSSR count). The van der Waals surface area contributed by atoms with Crippen LogP contribution in [0.3, 0.4) is 0 Å². The van der Waals surface area contributed by atoms with Crippen molar-refractivity contribution in [3.63, 3.8) is 0 Å². The Hall–Kier alpha value is -3.06. The summed E-state index contributed by atoms with van der Waals surface area (Å²) in [6.07, 6.45) is 6.68. The van der Waals surface area contributed by atoms with Crippen molar-refractivity contribution in [3.8, 4) is 0 Å². The van der Waals surface area contributed by atoms with Crippen LogP contribution in [-0.2, 0) is 9.59 Å². The van der Waals surface area contributed by atoms with Crippen LogP contribution in [0.15, 0.2) is 58.5 Å². The lowest BCUT2D eigenvalue weighted by Gasteiger charge is -2.00. The van der Waals surface area contributed by atoms with Crippen LogP contribution in [0.2, 0.25) is 0 Å². The summed E-state index contributed by atoms with van der Waals surface area (Å²) in [5.74, 6) is 0. The first-order valence-electron chi connectivity index (χ1n) is 5.86. The van der Waals surface area contributed by atoms with Crippen LogP contribution in [0.25, 0.3) is 12.2 Å². The van der Waals surface area contributed by atoms with Crippen molar-refractivity contribution < 1.29 is 9.59 Å². The maximum absolute atomic E-state index is 10.4. The van der Waals surface area contributed by atoms with Crippen LogP contribution in [-0.4, -0.2) is 12.2 Å². The van der Waals surface area contributed by atoms with Gasteiger partial charge in [-0.1, -0.05) is 48.6 Å². The highest BCUT2D eigenvalue weighted by atomic mass is 16.1. The zero-order valence-electron chi connectivity index (χ0n) is 10.5. The normalized spacial score (nSPS) is 9.80. The summed E-state index contributed by atoms with van der Waals surface area (Å²) in [7, 11) is 0. The predicted octanol–water partition coefficient (Wildman–Crippen LogP) is 3.79. The first kappa shape index (κ1) is 13.4. The summed E-state index contributed by atoms with van der Waals surface area (Å²) in [5, 5.41) is 0. The van der Waals surface area contributed by atoms with Gasteiger partial charge in [0.05, 0.1) is 11.4 Å². The van der Waals surface area contributed by atoms with Gasteiger partial charge in [-0.25, -0.2) is 9.59 Å². The standard InChI is InChI=1S/C16H10N2O2/c19-11-17-15-9-8-14(16(10-15)18-12-20)7-6-13-4-2-1-3-5-13/h1-10H/b7-6+. The summed E-state index contributed by atoms with van der Waals surface area (Å²) in [4.78, 5) is 27.8. The highest BCUT2D eigenvalue weighted by Crippen LogP contribution is 2.26. The Labute approximate surface area is 115 Å². The maximum Gasteiger partial charge on any atom is 0.240 e. The Morgan fingerprint density at radius 2 is 1.60 bits per heavy atom. The van der Waals surface area contributed by atoms with Gasteiger partial charge in [0.2, 0.25) is 12.2 Å². The number of carbonyl (C=O) groups excluding carboxylic acids is 2. The third-order valence-electron chi connectivity index (χ3n) is 2.61. The second-order valence-corrected chi connectivity index (χ2v) is 3.89. The minimum Gasteiger partial charge on any atom is -0.211 e. The number of hydrogen-bond donors (Lipinski definition) is 0. The number of aliphatic imine (C=N–C) groups is 2. The highest BCUT2D eigenvalue weighted by molar-refractivity contribution is 5.78. The minimum atomic E-state index is 0.394. The van der Waals surface area contributed by atoms with Crippen molar-refractivity contribution >= 4 is 35.7 Å². The monoisotopic (exact) mass is 262 g/mol. The molecule has 0 aliphatic rings. The summed E-state index contributed by atoms with van der Waals surface area (Å²) < 4.78 is 0. The van der Waals surface area contributed by atoms with Crippen LogP contribution in [0.5, 0.6) is 0 Å². The molecule has 0 aromatic heterocycles. The maximum atomic E-state index is 10.4. The van der Waals surface area contributed by atoms with E-state index in [0.29, 0.717) is 11.4 Å². The molecule has 0 aliphatic heterocycles. The Balaban J connectivity index is 2.38. The molecule has 0 radical (unpaired) electrons. The quantitative estimate of drug-likeness (QED) is 0.478. The molecule has 4 nitrogen and oxygen atoms in total. The predicted molar refractivity (Wildman–Crippen MR) is 77.4 cm³/mol. The van der Waals surface area contributed by atoms with Crippen molar-refractivity contribution in [1.82, 2.24) is 0 Å². The lowest BCUT2D eigenvalue weighted by Crippen LogP contribution is -1.76. The zero-order valence-corrected chi connectivity index (χ0v) is 10.5. The fraction of sp³-hybridized carbons (Fsp3) is 0. The number of benzene rings is 2. The van der Waals surface area contributed by atoms with Gasteiger partial charge in [0.25, 0.3) is 0 Å². The van der Waals surface area contributed by atoms with E-state index in [9.17, 15) is 9.59 Å². The molecule has 0 fully saturated rings. The second kappa shape index (κ2) is 6.76. The molecule has 4 heteroatoms. The van der Waals surface area contributed by atoms with Gasteiger partial charge in [0, 0.05) is 5.56 Å². The third kappa shape index (κ3) is 3.47. The van der Waals surface area contributed by atoms with Gasteiger partial charge >= 0.3 is 0 Å². The lowest BCUT2D eigenvalue weighted by atomic mass is 10.1. The molecule has 0 amide bonds. The van der Waals surface area contributed by atoms with Gasteiger partial charge in [-0.05, 0) is 17.7 Å². The Morgan fingerprint density at radius 1 is 0.850 bits per heavy atom. The van der Waals surface area contributed by atoms with Gasteiger partial charge < -0.3 is 0 Å². The molecule has 0 saturated heterocycles. The van der Waals surface area contributed by atoms with E-state index in [1.807, 2.05) is 42.5 Å².